The minimum absolute atomic E-state index is 0.141. The van der Waals surface area contributed by atoms with Gasteiger partial charge in [0, 0.05) is 17.7 Å². The first kappa shape index (κ1) is 21.4. The van der Waals surface area contributed by atoms with Gasteiger partial charge in [-0.25, -0.2) is 0 Å². The van der Waals surface area contributed by atoms with E-state index in [4.69, 9.17) is 14.2 Å². The van der Waals surface area contributed by atoms with Crippen LogP contribution in [0.25, 0.3) is 0 Å². The van der Waals surface area contributed by atoms with Crippen molar-refractivity contribution in [3.05, 3.63) is 95.1 Å². The second-order valence-corrected chi connectivity index (χ2v) is 6.76. The van der Waals surface area contributed by atoms with Crippen LogP contribution in [0.5, 0.6) is 11.5 Å². The number of hydrogen-bond acceptors (Lipinski definition) is 4. The van der Waals surface area contributed by atoms with Gasteiger partial charge >= 0.3 is 0 Å². The van der Waals surface area contributed by atoms with Crippen molar-refractivity contribution in [2.75, 3.05) is 13.7 Å². The molecule has 156 valence electrons. The van der Waals surface area contributed by atoms with E-state index in [9.17, 15) is 4.79 Å². The molecule has 3 rings (SSSR count). The molecule has 0 radical (unpaired) electrons. The number of methoxy groups -OCH3 is 1. The maximum Gasteiger partial charge on any atom is 0.251 e. The summed E-state index contributed by atoms with van der Waals surface area (Å²) in [5.41, 5.74) is 3.53. The maximum absolute atomic E-state index is 12.6. The summed E-state index contributed by atoms with van der Waals surface area (Å²) in [5.74, 6) is 1.38. The third-order valence-electron chi connectivity index (χ3n) is 4.60. The molecule has 0 aliphatic carbocycles. The molecule has 0 aromatic heterocycles. The quantitative estimate of drug-likeness (QED) is 0.529. The van der Waals surface area contributed by atoms with Crippen molar-refractivity contribution in [3.63, 3.8) is 0 Å². The van der Waals surface area contributed by atoms with Crippen LogP contribution in [0.15, 0.2) is 72.8 Å². The van der Waals surface area contributed by atoms with Gasteiger partial charge in [0.2, 0.25) is 0 Å². The number of benzene rings is 3. The van der Waals surface area contributed by atoms with Crippen molar-refractivity contribution >= 4 is 5.91 Å². The molecule has 0 aliphatic rings. The van der Waals surface area contributed by atoms with Gasteiger partial charge in [-0.2, -0.15) is 0 Å². The lowest BCUT2D eigenvalue weighted by molar-refractivity contribution is 0.0948. The van der Waals surface area contributed by atoms with E-state index in [1.165, 1.54) is 0 Å². The highest BCUT2D eigenvalue weighted by Crippen LogP contribution is 2.22. The normalized spacial score (nSPS) is 10.5. The Hall–Kier alpha value is -3.31. The first-order chi connectivity index (χ1) is 14.7. The topological polar surface area (TPSA) is 56.8 Å². The molecular formula is C25H27NO4. The lowest BCUT2D eigenvalue weighted by atomic mass is 10.1. The Labute approximate surface area is 177 Å². The predicted molar refractivity (Wildman–Crippen MR) is 117 cm³/mol. The van der Waals surface area contributed by atoms with Gasteiger partial charge in [-0.05, 0) is 48.4 Å². The van der Waals surface area contributed by atoms with E-state index >= 15 is 0 Å². The largest absolute Gasteiger partial charge is 0.497 e. The molecule has 3 aromatic rings. The van der Waals surface area contributed by atoms with Gasteiger partial charge in [0.1, 0.15) is 11.5 Å². The first-order valence-electron chi connectivity index (χ1n) is 9.98. The van der Waals surface area contributed by atoms with Crippen LogP contribution in [-0.4, -0.2) is 19.6 Å². The van der Waals surface area contributed by atoms with Crippen LogP contribution < -0.4 is 14.8 Å². The predicted octanol–water partition coefficient (Wildman–Crippen LogP) is 4.74. The molecule has 0 atom stereocenters. The second kappa shape index (κ2) is 11.0. The van der Waals surface area contributed by atoms with Gasteiger partial charge in [-0.1, -0.05) is 42.5 Å². The van der Waals surface area contributed by atoms with Gasteiger partial charge in [0.25, 0.3) is 5.91 Å². The van der Waals surface area contributed by atoms with Gasteiger partial charge < -0.3 is 19.5 Å². The number of hydrogen-bond donors (Lipinski definition) is 1. The van der Waals surface area contributed by atoms with Crippen LogP contribution >= 0.6 is 0 Å². The lowest BCUT2D eigenvalue weighted by Crippen LogP contribution is -2.23. The zero-order chi connectivity index (χ0) is 21.2. The van der Waals surface area contributed by atoms with Gasteiger partial charge in [0.15, 0.2) is 0 Å². The highest BCUT2D eigenvalue weighted by atomic mass is 16.5. The summed E-state index contributed by atoms with van der Waals surface area (Å²) in [7, 11) is 1.63. The van der Waals surface area contributed by atoms with E-state index < -0.39 is 0 Å². The lowest BCUT2D eigenvalue weighted by Gasteiger charge is -2.13. The second-order valence-electron chi connectivity index (χ2n) is 6.76. The number of rotatable bonds is 10. The van der Waals surface area contributed by atoms with E-state index in [0.717, 1.165) is 28.2 Å². The van der Waals surface area contributed by atoms with Crippen molar-refractivity contribution in [3.8, 4) is 11.5 Å². The van der Waals surface area contributed by atoms with E-state index in [1.54, 1.807) is 13.2 Å². The molecule has 0 aliphatic heterocycles. The summed E-state index contributed by atoms with van der Waals surface area (Å²) >= 11 is 0. The van der Waals surface area contributed by atoms with Crippen molar-refractivity contribution < 1.29 is 19.0 Å². The molecule has 5 nitrogen and oxygen atoms in total. The van der Waals surface area contributed by atoms with E-state index in [2.05, 4.69) is 5.32 Å². The van der Waals surface area contributed by atoms with E-state index in [-0.39, 0.29) is 5.91 Å². The Kier molecular flexibility index (Phi) is 7.86. The van der Waals surface area contributed by atoms with Crippen LogP contribution in [0, 0.1) is 0 Å². The molecule has 0 heterocycles. The fraction of sp³-hybridized carbons (Fsp3) is 0.240. The molecule has 0 unspecified atom stereocenters. The molecule has 0 saturated heterocycles. The molecule has 0 saturated carbocycles. The Morgan fingerprint density at radius 2 is 1.67 bits per heavy atom. The summed E-state index contributed by atoms with van der Waals surface area (Å²) in [6, 6.07) is 23.0. The molecule has 0 spiro atoms. The molecule has 3 aromatic carbocycles. The van der Waals surface area contributed by atoms with Crippen molar-refractivity contribution in [2.45, 2.75) is 26.7 Å². The van der Waals surface area contributed by atoms with Crippen LogP contribution in [0.1, 0.15) is 34.0 Å². The summed E-state index contributed by atoms with van der Waals surface area (Å²) in [4.78, 5) is 12.6. The standard InChI is InChI=1S/C25H27NO4/c1-3-30-24-14-11-21(15-22(24)18-29-17-20-7-5-4-6-8-20)25(27)26-16-19-9-12-23(28-2)13-10-19/h4-15H,3,16-18H2,1-2H3,(H,26,27). The van der Waals surface area contributed by atoms with Gasteiger partial charge in [-0.15, -0.1) is 0 Å². The molecule has 30 heavy (non-hydrogen) atoms. The van der Waals surface area contributed by atoms with E-state index in [0.29, 0.717) is 31.9 Å². The number of amides is 1. The fourth-order valence-corrected chi connectivity index (χ4v) is 3.01. The summed E-state index contributed by atoms with van der Waals surface area (Å²) in [5, 5.41) is 2.95. The van der Waals surface area contributed by atoms with Crippen LogP contribution in [0.3, 0.4) is 0 Å². The third-order valence-corrected chi connectivity index (χ3v) is 4.60. The van der Waals surface area contributed by atoms with Gasteiger partial charge in [0.05, 0.1) is 26.9 Å². The Balaban J connectivity index is 1.63. The highest BCUT2D eigenvalue weighted by Gasteiger charge is 2.11. The summed E-state index contributed by atoms with van der Waals surface area (Å²) in [6.45, 7) is 3.79. The third kappa shape index (κ3) is 6.09. The van der Waals surface area contributed by atoms with Crippen molar-refractivity contribution in [1.82, 2.24) is 5.32 Å². The van der Waals surface area contributed by atoms with Crippen LogP contribution in [0.4, 0.5) is 0 Å². The number of ether oxygens (including phenoxy) is 3. The number of carbonyl (C=O) groups is 1. The average molecular weight is 405 g/mol. The van der Waals surface area contributed by atoms with Crippen LogP contribution in [-0.2, 0) is 24.5 Å². The molecule has 1 amide bonds. The average Bonchev–Trinajstić information content (AvgIpc) is 2.79. The van der Waals surface area contributed by atoms with Crippen molar-refractivity contribution in [2.24, 2.45) is 0 Å². The summed E-state index contributed by atoms with van der Waals surface area (Å²) in [6.07, 6.45) is 0. The summed E-state index contributed by atoms with van der Waals surface area (Å²) < 4.78 is 16.7. The van der Waals surface area contributed by atoms with E-state index in [1.807, 2.05) is 73.7 Å². The van der Waals surface area contributed by atoms with Crippen LogP contribution in [0.2, 0.25) is 0 Å². The molecule has 0 bridgehead atoms. The van der Waals surface area contributed by atoms with Gasteiger partial charge in [-0.3, -0.25) is 4.79 Å². The Morgan fingerprint density at radius 3 is 2.37 bits per heavy atom. The number of nitrogens with one attached hydrogen (secondary N) is 1. The Bertz CT molecular complexity index is 939. The smallest absolute Gasteiger partial charge is 0.251 e. The highest BCUT2D eigenvalue weighted by molar-refractivity contribution is 5.94. The SMILES string of the molecule is CCOc1ccc(C(=O)NCc2ccc(OC)cc2)cc1COCc1ccccc1. The Morgan fingerprint density at radius 1 is 0.900 bits per heavy atom. The fourth-order valence-electron chi connectivity index (χ4n) is 3.01. The molecular weight excluding hydrogens is 378 g/mol. The minimum Gasteiger partial charge on any atom is -0.497 e. The minimum atomic E-state index is -0.141. The maximum atomic E-state index is 12.6. The zero-order valence-corrected chi connectivity index (χ0v) is 17.4. The van der Waals surface area contributed by atoms with Crippen molar-refractivity contribution in [1.29, 1.82) is 0 Å². The monoisotopic (exact) mass is 405 g/mol. The molecule has 1 N–H and O–H groups in total. The molecule has 5 heteroatoms. The zero-order valence-electron chi connectivity index (χ0n) is 17.4. The number of carbonyl (C=O) groups excluding carboxylic acids is 1. The first-order valence-corrected chi connectivity index (χ1v) is 9.98. The molecule has 0 fully saturated rings.